The molecule has 0 radical (unpaired) electrons. The zero-order valence-electron chi connectivity index (χ0n) is 13.3. The Morgan fingerprint density at radius 3 is 2.62 bits per heavy atom. The summed E-state index contributed by atoms with van der Waals surface area (Å²) in [4.78, 5) is 5.13. The van der Waals surface area contributed by atoms with E-state index in [1.54, 1.807) is 0 Å². The molecule has 2 heterocycles. The Labute approximate surface area is 128 Å². The normalized spacial score (nSPS) is 28.5. The number of hydrogen-bond acceptors (Lipinski definition) is 3. The van der Waals surface area contributed by atoms with Crippen LogP contribution in [0.3, 0.4) is 0 Å². The second-order valence-electron chi connectivity index (χ2n) is 6.85. The summed E-state index contributed by atoms with van der Waals surface area (Å²) in [5, 5.41) is 10.4. The highest BCUT2D eigenvalue weighted by molar-refractivity contribution is 5.23. The van der Waals surface area contributed by atoms with E-state index in [0.717, 1.165) is 30.6 Å². The summed E-state index contributed by atoms with van der Waals surface area (Å²) in [5.74, 6) is 0. The number of likely N-dealkylation sites (N-methyl/N-ethyl adjacent to an activating group) is 1. The Morgan fingerprint density at radius 2 is 1.86 bits per heavy atom. The second kappa shape index (κ2) is 6.47. The number of fused-ring (bicyclic) bond motifs is 2. The van der Waals surface area contributed by atoms with Crippen molar-refractivity contribution in [2.75, 3.05) is 26.7 Å². The van der Waals surface area contributed by atoms with Crippen molar-refractivity contribution < 1.29 is 5.11 Å². The van der Waals surface area contributed by atoms with Gasteiger partial charge in [-0.15, -0.1) is 0 Å². The van der Waals surface area contributed by atoms with Gasteiger partial charge in [0.25, 0.3) is 0 Å². The number of aliphatic hydroxyl groups is 1. The lowest BCUT2D eigenvalue weighted by Gasteiger charge is -2.26. The topological polar surface area (TPSA) is 26.7 Å². The third kappa shape index (κ3) is 3.47. The fraction of sp³-hybridized carbons (Fsp3) is 0.667. The third-order valence-electron chi connectivity index (χ3n) is 5.41. The molecule has 0 aromatic heterocycles. The number of benzene rings is 1. The summed E-state index contributed by atoms with van der Waals surface area (Å²) in [6, 6.07) is 9.80. The Morgan fingerprint density at radius 1 is 1.14 bits per heavy atom. The fourth-order valence-corrected chi connectivity index (χ4v) is 3.84. The lowest BCUT2D eigenvalue weighted by molar-refractivity contribution is 0.137. The van der Waals surface area contributed by atoms with Crippen LogP contribution < -0.4 is 0 Å². The molecule has 0 spiro atoms. The molecule has 0 amide bonds. The van der Waals surface area contributed by atoms with Gasteiger partial charge < -0.3 is 10.0 Å². The predicted molar refractivity (Wildman–Crippen MR) is 86.4 cm³/mol. The van der Waals surface area contributed by atoms with Crippen LogP contribution in [-0.4, -0.2) is 53.7 Å². The highest BCUT2D eigenvalue weighted by Crippen LogP contribution is 2.29. The maximum atomic E-state index is 10.4. The molecule has 3 rings (SSSR count). The number of rotatable bonds is 4. The molecule has 3 atom stereocenters. The Balaban J connectivity index is 1.52. The van der Waals surface area contributed by atoms with Gasteiger partial charge in [0.2, 0.25) is 0 Å². The van der Waals surface area contributed by atoms with Crippen LogP contribution in [0, 0.1) is 6.92 Å². The highest BCUT2D eigenvalue weighted by atomic mass is 16.3. The van der Waals surface area contributed by atoms with E-state index < -0.39 is 0 Å². The van der Waals surface area contributed by atoms with Gasteiger partial charge in [-0.3, -0.25) is 4.90 Å². The van der Waals surface area contributed by atoms with Gasteiger partial charge >= 0.3 is 0 Å². The first kappa shape index (κ1) is 15.0. The van der Waals surface area contributed by atoms with Gasteiger partial charge in [0.15, 0.2) is 0 Å². The third-order valence-corrected chi connectivity index (χ3v) is 5.41. The summed E-state index contributed by atoms with van der Waals surface area (Å²) >= 11 is 0. The predicted octanol–water partition coefficient (Wildman–Crippen LogP) is 2.59. The van der Waals surface area contributed by atoms with E-state index in [4.69, 9.17) is 0 Å². The molecule has 3 nitrogen and oxygen atoms in total. The van der Waals surface area contributed by atoms with Gasteiger partial charge in [0, 0.05) is 25.2 Å². The standard InChI is InChI=1S/C18H28N2O/c1-14-3-5-15(6-4-14)18(21)10-12-20-11-9-16-7-8-17(13-20)19(16)2/h3-6,16-18,21H,7-13H2,1-2H3. The number of likely N-dealkylation sites (tertiary alicyclic amines) is 1. The number of aliphatic hydroxyl groups excluding tert-OH is 1. The van der Waals surface area contributed by atoms with Crippen molar-refractivity contribution >= 4 is 0 Å². The lowest BCUT2D eigenvalue weighted by atomic mass is 10.0. The molecule has 2 aliphatic heterocycles. The van der Waals surface area contributed by atoms with Crippen LogP contribution in [0.2, 0.25) is 0 Å². The monoisotopic (exact) mass is 288 g/mol. The maximum absolute atomic E-state index is 10.4. The average Bonchev–Trinajstić information content (AvgIpc) is 2.72. The van der Waals surface area contributed by atoms with Gasteiger partial charge in [-0.1, -0.05) is 29.8 Å². The molecule has 2 saturated heterocycles. The quantitative estimate of drug-likeness (QED) is 0.922. The van der Waals surface area contributed by atoms with E-state index >= 15 is 0 Å². The van der Waals surface area contributed by atoms with Gasteiger partial charge in [-0.2, -0.15) is 0 Å². The highest BCUT2D eigenvalue weighted by Gasteiger charge is 2.34. The minimum Gasteiger partial charge on any atom is -0.388 e. The van der Waals surface area contributed by atoms with Crippen LogP contribution in [0.15, 0.2) is 24.3 Å². The molecule has 2 aliphatic rings. The molecular formula is C18H28N2O. The summed E-state index contributed by atoms with van der Waals surface area (Å²) < 4.78 is 0. The van der Waals surface area contributed by atoms with Crippen LogP contribution in [0.5, 0.6) is 0 Å². The molecule has 2 fully saturated rings. The number of nitrogens with zero attached hydrogens (tertiary/aromatic N) is 2. The van der Waals surface area contributed by atoms with Gasteiger partial charge in [0.1, 0.15) is 0 Å². The summed E-state index contributed by atoms with van der Waals surface area (Å²) in [5.41, 5.74) is 2.30. The lowest BCUT2D eigenvalue weighted by Crippen LogP contribution is -2.37. The summed E-state index contributed by atoms with van der Waals surface area (Å²) in [6.45, 7) is 5.45. The fourth-order valence-electron chi connectivity index (χ4n) is 3.84. The van der Waals surface area contributed by atoms with Crippen LogP contribution >= 0.6 is 0 Å². The first-order chi connectivity index (χ1) is 10.1. The van der Waals surface area contributed by atoms with Crippen molar-refractivity contribution in [3.8, 4) is 0 Å². The molecule has 116 valence electrons. The first-order valence-corrected chi connectivity index (χ1v) is 8.32. The second-order valence-corrected chi connectivity index (χ2v) is 6.85. The molecule has 3 heteroatoms. The SMILES string of the molecule is Cc1ccc(C(O)CCN2CCC3CCC(C2)N3C)cc1. The molecule has 0 aliphatic carbocycles. The van der Waals surface area contributed by atoms with Crippen LogP contribution in [0.1, 0.15) is 42.9 Å². The molecule has 3 unspecified atom stereocenters. The van der Waals surface area contributed by atoms with Crippen molar-refractivity contribution in [3.63, 3.8) is 0 Å². The minimum absolute atomic E-state index is 0.330. The van der Waals surface area contributed by atoms with Gasteiger partial charge in [0.05, 0.1) is 6.10 Å². The molecular weight excluding hydrogens is 260 g/mol. The minimum atomic E-state index is -0.330. The van der Waals surface area contributed by atoms with E-state index in [0.29, 0.717) is 0 Å². The van der Waals surface area contributed by atoms with Crippen molar-refractivity contribution in [1.82, 2.24) is 9.80 Å². The molecule has 21 heavy (non-hydrogen) atoms. The van der Waals surface area contributed by atoms with E-state index in [-0.39, 0.29) is 6.10 Å². The summed E-state index contributed by atoms with van der Waals surface area (Å²) in [7, 11) is 2.28. The molecule has 1 aromatic rings. The van der Waals surface area contributed by atoms with Crippen molar-refractivity contribution in [2.45, 2.75) is 50.8 Å². The molecule has 1 aromatic carbocycles. The van der Waals surface area contributed by atoms with Crippen molar-refractivity contribution in [3.05, 3.63) is 35.4 Å². The first-order valence-electron chi connectivity index (χ1n) is 8.32. The Kier molecular flexibility index (Phi) is 4.63. The zero-order valence-corrected chi connectivity index (χ0v) is 13.3. The molecule has 2 bridgehead atoms. The smallest absolute Gasteiger partial charge is 0.0802 e. The molecule has 0 saturated carbocycles. The van der Waals surface area contributed by atoms with Gasteiger partial charge in [-0.25, -0.2) is 0 Å². The number of aryl methyl sites for hydroxylation is 1. The van der Waals surface area contributed by atoms with Crippen molar-refractivity contribution in [1.29, 1.82) is 0 Å². The summed E-state index contributed by atoms with van der Waals surface area (Å²) in [6.07, 6.45) is 4.51. The van der Waals surface area contributed by atoms with Gasteiger partial charge in [-0.05, 0) is 51.8 Å². The maximum Gasteiger partial charge on any atom is 0.0802 e. The van der Waals surface area contributed by atoms with E-state index in [1.165, 1.54) is 37.9 Å². The van der Waals surface area contributed by atoms with Crippen LogP contribution in [-0.2, 0) is 0 Å². The van der Waals surface area contributed by atoms with Crippen molar-refractivity contribution in [2.24, 2.45) is 0 Å². The zero-order chi connectivity index (χ0) is 14.8. The number of hydrogen-bond donors (Lipinski definition) is 1. The Bertz CT molecular complexity index is 459. The van der Waals surface area contributed by atoms with E-state index in [1.807, 2.05) is 0 Å². The molecule has 1 N–H and O–H groups in total. The Hall–Kier alpha value is -0.900. The van der Waals surface area contributed by atoms with E-state index in [2.05, 4.69) is 48.0 Å². The van der Waals surface area contributed by atoms with Crippen LogP contribution in [0.25, 0.3) is 0 Å². The largest absolute Gasteiger partial charge is 0.388 e. The average molecular weight is 288 g/mol. The van der Waals surface area contributed by atoms with E-state index in [9.17, 15) is 5.11 Å². The van der Waals surface area contributed by atoms with Crippen LogP contribution in [0.4, 0.5) is 0 Å².